The lowest BCUT2D eigenvalue weighted by atomic mass is 10.2. The van der Waals surface area contributed by atoms with Gasteiger partial charge in [-0.25, -0.2) is 9.37 Å². The van der Waals surface area contributed by atoms with E-state index in [0.717, 1.165) is 11.8 Å². The molecule has 0 saturated carbocycles. The average Bonchev–Trinajstić information content (AvgIpc) is 2.85. The van der Waals surface area contributed by atoms with Crippen LogP contribution in [0.15, 0.2) is 82.7 Å². The molecule has 0 atom stereocenters. The highest BCUT2D eigenvalue weighted by Gasteiger charge is 2.19. The Balaban J connectivity index is 1.72. The molecule has 4 rings (SSSR count). The van der Waals surface area contributed by atoms with E-state index in [9.17, 15) is 14.0 Å². The fourth-order valence-electron chi connectivity index (χ4n) is 3.43. The summed E-state index contributed by atoms with van der Waals surface area (Å²) in [7, 11) is 0. The van der Waals surface area contributed by atoms with Crippen LogP contribution in [0.3, 0.4) is 0 Å². The van der Waals surface area contributed by atoms with E-state index in [1.54, 1.807) is 36.4 Å². The van der Waals surface area contributed by atoms with Gasteiger partial charge in [0.1, 0.15) is 5.82 Å². The van der Waals surface area contributed by atoms with Gasteiger partial charge in [-0.15, -0.1) is 0 Å². The lowest BCUT2D eigenvalue weighted by molar-refractivity contribution is -0.116. The summed E-state index contributed by atoms with van der Waals surface area (Å²) in [5.74, 6) is -0.870. The molecule has 3 aromatic carbocycles. The number of aromatic nitrogens is 2. The van der Waals surface area contributed by atoms with Gasteiger partial charge in [-0.1, -0.05) is 53.7 Å². The van der Waals surface area contributed by atoms with Crippen molar-refractivity contribution < 1.29 is 9.18 Å². The summed E-state index contributed by atoms with van der Waals surface area (Å²) in [5.41, 5.74) is 1.15. The number of carbonyl (C=O) groups is 1. The second-order valence-corrected chi connectivity index (χ2v) is 8.58. The van der Waals surface area contributed by atoms with Crippen molar-refractivity contribution in [3.05, 3.63) is 94.0 Å². The van der Waals surface area contributed by atoms with E-state index in [-0.39, 0.29) is 40.4 Å². The minimum atomic E-state index is -0.604. The monoisotopic (exact) mass is 492 g/mol. The highest BCUT2D eigenvalue weighted by molar-refractivity contribution is 7.99. The van der Waals surface area contributed by atoms with Crippen molar-refractivity contribution in [3.8, 4) is 11.8 Å². The van der Waals surface area contributed by atoms with Gasteiger partial charge in [-0.05, 0) is 42.5 Å². The molecular formula is C25H18ClFN4O2S. The van der Waals surface area contributed by atoms with Crippen molar-refractivity contribution in [2.75, 3.05) is 17.2 Å². The molecule has 0 saturated heterocycles. The Morgan fingerprint density at radius 3 is 2.59 bits per heavy atom. The molecule has 0 bridgehead atoms. The van der Waals surface area contributed by atoms with Gasteiger partial charge in [0, 0.05) is 12.2 Å². The zero-order chi connectivity index (χ0) is 24.1. The smallest absolute Gasteiger partial charge is 0.266 e. The molecule has 0 aliphatic rings. The molecule has 0 radical (unpaired) electrons. The van der Waals surface area contributed by atoms with Crippen molar-refractivity contribution in [3.63, 3.8) is 0 Å². The number of rotatable bonds is 7. The van der Waals surface area contributed by atoms with E-state index in [2.05, 4.69) is 11.1 Å². The van der Waals surface area contributed by atoms with Gasteiger partial charge in [0.25, 0.3) is 5.56 Å². The number of nitriles is 1. The predicted octanol–water partition coefficient (Wildman–Crippen LogP) is 5.22. The number of hydrogen-bond donors (Lipinski definition) is 0. The first-order valence-corrected chi connectivity index (χ1v) is 11.7. The Bertz CT molecular complexity index is 1450. The topological polar surface area (TPSA) is 79.0 Å². The molecule has 0 aliphatic heterocycles. The van der Waals surface area contributed by atoms with Crippen LogP contribution < -0.4 is 10.5 Å². The van der Waals surface area contributed by atoms with Crippen LogP contribution in [0.5, 0.6) is 0 Å². The number of thioether (sulfide) groups is 1. The van der Waals surface area contributed by atoms with Gasteiger partial charge in [-0.3, -0.25) is 14.2 Å². The molecule has 0 fully saturated rings. The first kappa shape index (κ1) is 23.5. The lowest BCUT2D eigenvalue weighted by Crippen LogP contribution is -2.33. The lowest BCUT2D eigenvalue weighted by Gasteiger charge is -2.22. The van der Waals surface area contributed by atoms with Gasteiger partial charge < -0.3 is 4.90 Å². The fourth-order valence-corrected chi connectivity index (χ4v) is 4.50. The molecule has 0 unspecified atom stereocenters. The Hall–Kier alpha value is -3.67. The molecule has 34 heavy (non-hydrogen) atoms. The molecule has 1 aromatic heterocycles. The SMILES string of the molecule is N#CCCN(C(=O)CSc1nc2ccccc2c(=O)n1-c1ccc(F)c(Cl)c1)c1ccccc1. The van der Waals surface area contributed by atoms with Gasteiger partial charge in [0.15, 0.2) is 5.16 Å². The Morgan fingerprint density at radius 1 is 1.12 bits per heavy atom. The number of anilines is 1. The molecule has 0 aliphatic carbocycles. The second kappa shape index (κ2) is 10.5. The Kier molecular flexibility index (Phi) is 7.26. The fraction of sp³-hybridized carbons (Fsp3) is 0.120. The Labute approximate surface area is 204 Å². The third-order valence-electron chi connectivity index (χ3n) is 5.05. The van der Waals surface area contributed by atoms with E-state index >= 15 is 0 Å². The van der Waals surface area contributed by atoms with Crippen molar-refractivity contribution in [2.24, 2.45) is 0 Å². The number of benzene rings is 3. The summed E-state index contributed by atoms with van der Waals surface area (Å²) in [6.45, 7) is 0.241. The highest BCUT2D eigenvalue weighted by atomic mass is 35.5. The molecule has 170 valence electrons. The minimum Gasteiger partial charge on any atom is -0.311 e. The van der Waals surface area contributed by atoms with Gasteiger partial charge in [0.05, 0.1) is 39.9 Å². The number of fused-ring (bicyclic) bond motifs is 1. The van der Waals surface area contributed by atoms with Crippen LogP contribution in [0.2, 0.25) is 5.02 Å². The van der Waals surface area contributed by atoms with Crippen LogP contribution in [0.25, 0.3) is 16.6 Å². The van der Waals surface area contributed by atoms with Crippen molar-refractivity contribution in [1.82, 2.24) is 9.55 Å². The molecule has 1 amide bonds. The first-order chi connectivity index (χ1) is 16.5. The van der Waals surface area contributed by atoms with E-state index < -0.39 is 5.82 Å². The van der Waals surface area contributed by atoms with E-state index in [1.807, 2.05) is 18.2 Å². The number of hydrogen-bond acceptors (Lipinski definition) is 5. The number of nitrogens with zero attached hydrogens (tertiary/aromatic N) is 4. The number of para-hydroxylation sites is 2. The summed E-state index contributed by atoms with van der Waals surface area (Å²) in [5, 5.41) is 9.54. The maximum Gasteiger partial charge on any atom is 0.266 e. The van der Waals surface area contributed by atoms with E-state index in [0.29, 0.717) is 22.3 Å². The van der Waals surface area contributed by atoms with Gasteiger partial charge in [-0.2, -0.15) is 5.26 Å². The molecular weight excluding hydrogens is 475 g/mol. The zero-order valence-electron chi connectivity index (χ0n) is 17.8. The molecule has 0 spiro atoms. The Morgan fingerprint density at radius 2 is 1.85 bits per heavy atom. The third kappa shape index (κ3) is 4.96. The molecule has 4 aromatic rings. The predicted molar refractivity (Wildman–Crippen MR) is 132 cm³/mol. The number of halogens is 2. The number of carbonyl (C=O) groups excluding carboxylic acids is 1. The number of amides is 1. The molecule has 9 heteroatoms. The summed E-state index contributed by atoms with van der Waals surface area (Å²) in [6, 6.07) is 22.0. The van der Waals surface area contributed by atoms with Crippen LogP contribution in [0.1, 0.15) is 6.42 Å². The summed E-state index contributed by atoms with van der Waals surface area (Å²) < 4.78 is 15.1. The van der Waals surface area contributed by atoms with Crippen LogP contribution in [-0.2, 0) is 4.79 Å². The summed E-state index contributed by atoms with van der Waals surface area (Å²) in [4.78, 5) is 32.6. The normalized spacial score (nSPS) is 10.7. The van der Waals surface area contributed by atoms with Crippen LogP contribution in [0.4, 0.5) is 10.1 Å². The summed E-state index contributed by atoms with van der Waals surface area (Å²) >= 11 is 7.05. The quantitative estimate of drug-likeness (QED) is 0.261. The minimum absolute atomic E-state index is 0.0277. The van der Waals surface area contributed by atoms with Crippen molar-refractivity contribution in [2.45, 2.75) is 11.6 Å². The van der Waals surface area contributed by atoms with Crippen LogP contribution in [-0.4, -0.2) is 27.8 Å². The van der Waals surface area contributed by atoms with Crippen molar-refractivity contribution in [1.29, 1.82) is 5.26 Å². The van der Waals surface area contributed by atoms with E-state index in [1.165, 1.54) is 27.7 Å². The second-order valence-electron chi connectivity index (χ2n) is 7.23. The highest BCUT2D eigenvalue weighted by Crippen LogP contribution is 2.25. The van der Waals surface area contributed by atoms with Crippen LogP contribution in [0, 0.1) is 17.1 Å². The zero-order valence-corrected chi connectivity index (χ0v) is 19.4. The maximum absolute atomic E-state index is 13.8. The largest absolute Gasteiger partial charge is 0.311 e. The van der Waals surface area contributed by atoms with Gasteiger partial charge in [0.2, 0.25) is 5.91 Å². The maximum atomic E-state index is 13.8. The summed E-state index contributed by atoms with van der Waals surface area (Å²) in [6.07, 6.45) is 0.179. The average molecular weight is 493 g/mol. The van der Waals surface area contributed by atoms with Crippen LogP contribution >= 0.6 is 23.4 Å². The first-order valence-electron chi connectivity index (χ1n) is 10.3. The molecule has 0 N–H and O–H groups in total. The van der Waals surface area contributed by atoms with E-state index in [4.69, 9.17) is 16.9 Å². The molecule has 1 heterocycles. The third-order valence-corrected chi connectivity index (χ3v) is 6.26. The molecule has 6 nitrogen and oxygen atoms in total. The van der Waals surface area contributed by atoms with Gasteiger partial charge >= 0.3 is 0 Å². The standard InChI is InChI=1S/C25H18ClFN4O2S/c26-20-15-18(11-12-21(20)27)31-24(33)19-9-4-5-10-22(19)29-25(31)34-16-23(32)30(14-6-13-28)17-7-2-1-3-8-17/h1-5,7-12,15H,6,14,16H2. The van der Waals surface area contributed by atoms with Crippen molar-refractivity contribution >= 4 is 45.9 Å².